The standard InChI is InChI=1S/C24H20F3NO/c1-4-28-14-19-11-17(7-5-15(19)2)22-12-18(8-10-23(22)29)21-13-20(24(25,26)27)9-6-16(21)3/h4-14,29H,1H2,2-3H3. The summed E-state index contributed by atoms with van der Waals surface area (Å²) in [7, 11) is 0. The van der Waals surface area contributed by atoms with Gasteiger partial charge in [-0.15, -0.1) is 0 Å². The van der Waals surface area contributed by atoms with E-state index in [1.807, 2.05) is 25.1 Å². The number of phenolic OH excluding ortho intramolecular Hbond substituents is 1. The number of aromatic hydroxyl groups is 1. The molecule has 0 aromatic heterocycles. The molecule has 29 heavy (non-hydrogen) atoms. The van der Waals surface area contributed by atoms with E-state index >= 15 is 0 Å². The lowest BCUT2D eigenvalue weighted by molar-refractivity contribution is -0.137. The van der Waals surface area contributed by atoms with Crippen LogP contribution in [0.1, 0.15) is 22.3 Å². The Morgan fingerprint density at radius 1 is 0.862 bits per heavy atom. The fourth-order valence-electron chi connectivity index (χ4n) is 3.12. The highest BCUT2D eigenvalue weighted by atomic mass is 19.4. The molecule has 0 atom stereocenters. The molecule has 3 rings (SSSR count). The maximum atomic E-state index is 13.1. The Hall–Kier alpha value is -3.34. The molecule has 0 aliphatic rings. The summed E-state index contributed by atoms with van der Waals surface area (Å²) in [5.74, 6) is 0.0499. The fraction of sp³-hybridized carbons (Fsp3) is 0.125. The molecule has 0 amide bonds. The van der Waals surface area contributed by atoms with Gasteiger partial charge in [0.25, 0.3) is 0 Å². The Balaban J connectivity index is 2.13. The van der Waals surface area contributed by atoms with E-state index in [-0.39, 0.29) is 5.75 Å². The van der Waals surface area contributed by atoms with Crippen LogP contribution in [0.15, 0.2) is 72.4 Å². The van der Waals surface area contributed by atoms with Crippen LogP contribution >= 0.6 is 0 Å². The minimum absolute atomic E-state index is 0.0499. The Morgan fingerprint density at radius 3 is 2.21 bits per heavy atom. The molecule has 2 nitrogen and oxygen atoms in total. The number of alkyl halides is 3. The highest BCUT2D eigenvalue weighted by molar-refractivity contribution is 5.86. The third-order valence-electron chi connectivity index (χ3n) is 4.78. The molecule has 3 aromatic carbocycles. The first kappa shape index (κ1) is 20.4. The molecule has 148 valence electrons. The van der Waals surface area contributed by atoms with E-state index in [9.17, 15) is 18.3 Å². The highest BCUT2D eigenvalue weighted by Crippen LogP contribution is 2.38. The van der Waals surface area contributed by atoms with E-state index in [0.717, 1.165) is 34.4 Å². The monoisotopic (exact) mass is 395 g/mol. The summed E-state index contributed by atoms with van der Waals surface area (Å²) in [5, 5.41) is 10.4. The number of rotatable bonds is 4. The van der Waals surface area contributed by atoms with E-state index < -0.39 is 11.7 Å². The highest BCUT2D eigenvalue weighted by Gasteiger charge is 2.30. The van der Waals surface area contributed by atoms with Crippen LogP contribution in [0.4, 0.5) is 13.2 Å². The molecule has 0 spiro atoms. The lowest BCUT2D eigenvalue weighted by Crippen LogP contribution is -2.05. The number of aryl methyl sites for hydroxylation is 2. The quantitative estimate of drug-likeness (QED) is 0.478. The largest absolute Gasteiger partial charge is 0.507 e. The van der Waals surface area contributed by atoms with Crippen molar-refractivity contribution in [1.82, 2.24) is 0 Å². The number of nitrogens with zero attached hydrogens (tertiary/aromatic N) is 1. The van der Waals surface area contributed by atoms with Crippen molar-refractivity contribution >= 4 is 6.21 Å². The second-order valence-corrected chi connectivity index (χ2v) is 6.79. The summed E-state index contributed by atoms with van der Waals surface area (Å²) in [6.45, 7) is 7.26. The summed E-state index contributed by atoms with van der Waals surface area (Å²) >= 11 is 0. The molecule has 0 aliphatic heterocycles. The summed E-state index contributed by atoms with van der Waals surface area (Å²) in [6.07, 6.45) is -1.32. The van der Waals surface area contributed by atoms with Crippen LogP contribution in [-0.2, 0) is 6.18 Å². The second-order valence-electron chi connectivity index (χ2n) is 6.79. The van der Waals surface area contributed by atoms with E-state index in [1.54, 1.807) is 25.3 Å². The SMILES string of the molecule is C=CN=Cc1cc(-c2cc(-c3cc(C(F)(F)F)ccc3C)ccc2O)ccc1C. The molecule has 1 N–H and O–H groups in total. The van der Waals surface area contributed by atoms with Gasteiger partial charge in [-0.3, -0.25) is 4.99 Å². The Labute approximate surface area is 167 Å². The lowest BCUT2D eigenvalue weighted by atomic mass is 9.93. The van der Waals surface area contributed by atoms with Crippen LogP contribution in [0.2, 0.25) is 0 Å². The molecule has 0 aliphatic carbocycles. The van der Waals surface area contributed by atoms with E-state index in [4.69, 9.17) is 0 Å². The normalized spacial score (nSPS) is 11.8. The van der Waals surface area contributed by atoms with E-state index in [0.29, 0.717) is 16.7 Å². The molecule has 0 saturated heterocycles. The zero-order chi connectivity index (χ0) is 21.2. The van der Waals surface area contributed by atoms with Gasteiger partial charge in [0.05, 0.1) is 5.56 Å². The smallest absolute Gasteiger partial charge is 0.416 e. The van der Waals surface area contributed by atoms with Crippen molar-refractivity contribution in [3.63, 3.8) is 0 Å². The van der Waals surface area contributed by atoms with Gasteiger partial charge in [-0.2, -0.15) is 13.2 Å². The topological polar surface area (TPSA) is 32.6 Å². The predicted molar refractivity (Wildman–Crippen MR) is 111 cm³/mol. The first-order valence-electron chi connectivity index (χ1n) is 8.97. The lowest BCUT2D eigenvalue weighted by Gasteiger charge is -2.14. The van der Waals surface area contributed by atoms with Gasteiger partial charge in [-0.1, -0.05) is 30.8 Å². The van der Waals surface area contributed by atoms with Crippen molar-refractivity contribution in [3.05, 3.63) is 89.6 Å². The maximum absolute atomic E-state index is 13.1. The van der Waals surface area contributed by atoms with E-state index in [2.05, 4.69) is 11.6 Å². The van der Waals surface area contributed by atoms with Crippen LogP contribution in [0.5, 0.6) is 5.75 Å². The molecular weight excluding hydrogens is 375 g/mol. The van der Waals surface area contributed by atoms with Gasteiger partial charge in [0, 0.05) is 18.0 Å². The molecule has 5 heteroatoms. The molecule has 0 bridgehead atoms. The fourth-order valence-corrected chi connectivity index (χ4v) is 3.12. The number of hydrogen-bond donors (Lipinski definition) is 1. The third-order valence-corrected chi connectivity index (χ3v) is 4.78. The van der Waals surface area contributed by atoms with E-state index in [1.165, 1.54) is 18.3 Å². The predicted octanol–water partition coefficient (Wildman–Crippen LogP) is 6.92. The summed E-state index contributed by atoms with van der Waals surface area (Å²) in [6, 6.07) is 14.1. The molecule has 0 radical (unpaired) electrons. The summed E-state index contributed by atoms with van der Waals surface area (Å²) in [5.41, 5.74) is 4.23. The van der Waals surface area contributed by atoms with Crippen molar-refractivity contribution in [2.45, 2.75) is 20.0 Å². The average Bonchev–Trinajstić information content (AvgIpc) is 2.67. The van der Waals surface area contributed by atoms with Crippen LogP contribution in [0.25, 0.3) is 22.3 Å². The average molecular weight is 395 g/mol. The van der Waals surface area contributed by atoms with Gasteiger partial charge in [0.1, 0.15) is 5.75 Å². The van der Waals surface area contributed by atoms with Gasteiger partial charge in [0.2, 0.25) is 0 Å². The number of aliphatic imine (C=N–C) groups is 1. The van der Waals surface area contributed by atoms with Gasteiger partial charge in [-0.25, -0.2) is 0 Å². The molecule has 0 heterocycles. The second kappa shape index (κ2) is 7.95. The Bertz CT molecular complexity index is 1100. The van der Waals surface area contributed by atoms with Crippen LogP contribution in [0, 0.1) is 13.8 Å². The molecule has 3 aromatic rings. The number of benzene rings is 3. The molecule has 0 saturated carbocycles. The van der Waals surface area contributed by atoms with Crippen molar-refractivity contribution < 1.29 is 18.3 Å². The van der Waals surface area contributed by atoms with Crippen LogP contribution in [-0.4, -0.2) is 11.3 Å². The zero-order valence-electron chi connectivity index (χ0n) is 16.1. The zero-order valence-corrected chi connectivity index (χ0v) is 16.1. The number of hydrogen-bond acceptors (Lipinski definition) is 2. The Kier molecular flexibility index (Phi) is 5.59. The first-order valence-corrected chi connectivity index (χ1v) is 8.97. The third kappa shape index (κ3) is 4.40. The van der Waals surface area contributed by atoms with Gasteiger partial charge in [-0.05, 0) is 77.6 Å². The maximum Gasteiger partial charge on any atom is 0.416 e. The first-order chi connectivity index (χ1) is 13.7. The van der Waals surface area contributed by atoms with Gasteiger partial charge in [0.15, 0.2) is 0 Å². The minimum Gasteiger partial charge on any atom is -0.507 e. The van der Waals surface area contributed by atoms with Crippen molar-refractivity contribution in [1.29, 1.82) is 0 Å². The number of halogens is 3. The van der Waals surface area contributed by atoms with Gasteiger partial charge >= 0.3 is 6.18 Å². The van der Waals surface area contributed by atoms with Crippen LogP contribution < -0.4 is 0 Å². The number of phenols is 1. The van der Waals surface area contributed by atoms with Crippen molar-refractivity contribution in [2.75, 3.05) is 0 Å². The van der Waals surface area contributed by atoms with Crippen LogP contribution in [0.3, 0.4) is 0 Å². The van der Waals surface area contributed by atoms with Crippen molar-refractivity contribution in [3.8, 4) is 28.0 Å². The molecular formula is C24H20F3NO. The molecule has 0 fully saturated rings. The van der Waals surface area contributed by atoms with Crippen molar-refractivity contribution in [2.24, 2.45) is 4.99 Å². The van der Waals surface area contributed by atoms with Gasteiger partial charge < -0.3 is 5.11 Å². The Morgan fingerprint density at radius 2 is 1.52 bits per heavy atom. The minimum atomic E-state index is -4.42. The summed E-state index contributed by atoms with van der Waals surface area (Å²) in [4.78, 5) is 4.04. The molecule has 0 unspecified atom stereocenters. The summed E-state index contributed by atoms with van der Waals surface area (Å²) < 4.78 is 39.4.